The van der Waals surface area contributed by atoms with Crippen LogP contribution in [-0.2, 0) is 11.2 Å². The lowest BCUT2D eigenvalue weighted by atomic mass is 10.1. The quantitative estimate of drug-likeness (QED) is 0.887. The van der Waals surface area contributed by atoms with Gasteiger partial charge < -0.3 is 19.5 Å². The van der Waals surface area contributed by atoms with Crippen molar-refractivity contribution >= 4 is 5.91 Å². The molecule has 0 radical (unpaired) electrons. The maximum absolute atomic E-state index is 12.4. The molecule has 126 valence electrons. The highest BCUT2D eigenvalue weighted by Gasteiger charge is 2.33. The summed E-state index contributed by atoms with van der Waals surface area (Å²) in [5.74, 6) is 1.48. The fourth-order valence-corrected chi connectivity index (χ4v) is 2.82. The molecule has 1 fully saturated rings. The first-order chi connectivity index (χ1) is 11.6. The predicted octanol–water partition coefficient (Wildman–Crippen LogP) is 0.686. The minimum absolute atomic E-state index is 0.0704. The molecule has 0 bridgehead atoms. The van der Waals surface area contributed by atoms with Crippen LogP contribution in [-0.4, -0.2) is 50.8 Å². The van der Waals surface area contributed by atoms with Crippen LogP contribution < -0.4 is 9.47 Å². The summed E-state index contributed by atoms with van der Waals surface area (Å²) in [6, 6.07) is 5.68. The van der Waals surface area contributed by atoms with Crippen LogP contribution >= 0.6 is 0 Å². The van der Waals surface area contributed by atoms with Gasteiger partial charge in [0.05, 0.1) is 24.8 Å². The monoisotopic (exact) mass is 330 g/mol. The van der Waals surface area contributed by atoms with E-state index in [2.05, 4.69) is 10.3 Å². The van der Waals surface area contributed by atoms with Crippen LogP contribution in [0.15, 0.2) is 24.4 Å². The van der Waals surface area contributed by atoms with E-state index in [4.69, 9.17) is 9.47 Å². The van der Waals surface area contributed by atoms with E-state index in [0.717, 1.165) is 11.3 Å². The number of nitrogens with zero attached hydrogens (tertiary/aromatic N) is 4. The van der Waals surface area contributed by atoms with Crippen LogP contribution in [0.25, 0.3) is 0 Å². The Morgan fingerprint density at radius 1 is 1.38 bits per heavy atom. The molecule has 1 unspecified atom stereocenters. The molecule has 2 aromatic rings. The van der Waals surface area contributed by atoms with Gasteiger partial charge in [-0.15, -0.1) is 5.10 Å². The van der Waals surface area contributed by atoms with Crippen LogP contribution in [0.5, 0.6) is 11.5 Å². The Hall–Kier alpha value is -2.61. The number of hydrogen-bond acceptors (Lipinski definition) is 6. The zero-order valence-electron chi connectivity index (χ0n) is 13.3. The highest BCUT2D eigenvalue weighted by molar-refractivity contribution is 5.79. The average Bonchev–Trinajstić information content (AvgIpc) is 3.14. The first kappa shape index (κ1) is 14.9. The Labute approximate surface area is 138 Å². The van der Waals surface area contributed by atoms with Gasteiger partial charge in [0.1, 0.15) is 5.69 Å². The van der Waals surface area contributed by atoms with E-state index < -0.39 is 6.10 Å². The molecule has 8 nitrogen and oxygen atoms in total. The summed E-state index contributed by atoms with van der Waals surface area (Å²) in [6.45, 7) is 3.08. The number of likely N-dealkylation sites (tertiary alicyclic amines) is 1. The molecule has 0 spiro atoms. The highest BCUT2D eigenvalue weighted by Crippen LogP contribution is 2.33. The second-order valence-corrected chi connectivity index (χ2v) is 6.12. The molecule has 4 rings (SSSR count). The van der Waals surface area contributed by atoms with Crippen LogP contribution in [0.2, 0.25) is 0 Å². The lowest BCUT2D eigenvalue weighted by molar-refractivity contribution is -0.136. The molecule has 1 amide bonds. The van der Waals surface area contributed by atoms with Gasteiger partial charge >= 0.3 is 0 Å². The normalized spacial score (nSPS) is 17.7. The molecule has 0 saturated carbocycles. The van der Waals surface area contributed by atoms with E-state index in [1.165, 1.54) is 0 Å². The largest absolute Gasteiger partial charge is 0.454 e. The number of fused-ring (bicyclic) bond motifs is 1. The van der Waals surface area contributed by atoms with E-state index in [1.54, 1.807) is 22.7 Å². The summed E-state index contributed by atoms with van der Waals surface area (Å²) in [7, 11) is 0. The van der Waals surface area contributed by atoms with Crippen molar-refractivity contribution in [1.29, 1.82) is 0 Å². The third-order valence-electron chi connectivity index (χ3n) is 4.34. The lowest BCUT2D eigenvalue weighted by Crippen LogP contribution is -2.51. The zero-order chi connectivity index (χ0) is 16.7. The molecule has 8 heteroatoms. The molecule has 3 heterocycles. The molecule has 1 atom stereocenters. The van der Waals surface area contributed by atoms with Gasteiger partial charge in [0.15, 0.2) is 11.5 Å². The third-order valence-corrected chi connectivity index (χ3v) is 4.34. The van der Waals surface area contributed by atoms with E-state index >= 15 is 0 Å². The van der Waals surface area contributed by atoms with Crippen molar-refractivity contribution < 1.29 is 19.4 Å². The first-order valence-corrected chi connectivity index (χ1v) is 7.86. The molecule has 1 aromatic carbocycles. The number of aliphatic hydroxyl groups is 1. The fourth-order valence-electron chi connectivity index (χ4n) is 2.82. The van der Waals surface area contributed by atoms with Gasteiger partial charge in [-0.1, -0.05) is 11.3 Å². The molecule has 2 aliphatic rings. The zero-order valence-corrected chi connectivity index (χ0v) is 13.3. The molecule has 1 saturated heterocycles. The standard InChI is InChI=1S/C16H18N4O4/c1-10(21)13-8-20(18-17-13)12-6-19(7-12)16(22)5-11-2-3-14-15(4-11)24-9-23-14/h2-4,8,10,12,21H,5-7,9H2,1H3. The van der Waals surface area contributed by atoms with Gasteiger partial charge in [0.2, 0.25) is 12.7 Å². The Morgan fingerprint density at radius 2 is 2.17 bits per heavy atom. The molecule has 1 aromatic heterocycles. The minimum Gasteiger partial charge on any atom is -0.454 e. The van der Waals surface area contributed by atoms with Crippen molar-refractivity contribution in [2.45, 2.75) is 25.5 Å². The smallest absolute Gasteiger partial charge is 0.231 e. The Bertz CT molecular complexity index is 767. The van der Waals surface area contributed by atoms with E-state index in [0.29, 0.717) is 31.0 Å². The first-order valence-electron chi connectivity index (χ1n) is 7.86. The molecule has 0 aliphatic carbocycles. The number of aliphatic hydroxyl groups excluding tert-OH is 1. The van der Waals surface area contributed by atoms with Crippen LogP contribution in [0.4, 0.5) is 0 Å². The van der Waals surface area contributed by atoms with E-state index in [-0.39, 0.29) is 18.7 Å². The topological polar surface area (TPSA) is 89.7 Å². The second-order valence-electron chi connectivity index (χ2n) is 6.12. The van der Waals surface area contributed by atoms with Crippen molar-refractivity contribution in [3.8, 4) is 11.5 Å². The van der Waals surface area contributed by atoms with Crippen molar-refractivity contribution in [3.05, 3.63) is 35.7 Å². The fraction of sp³-hybridized carbons (Fsp3) is 0.438. The van der Waals surface area contributed by atoms with Crippen molar-refractivity contribution in [2.75, 3.05) is 19.9 Å². The van der Waals surface area contributed by atoms with Gasteiger partial charge in [-0.25, -0.2) is 4.68 Å². The minimum atomic E-state index is -0.637. The van der Waals surface area contributed by atoms with Crippen LogP contribution in [0, 0.1) is 0 Å². The average molecular weight is 330 g/mol. The number of carbonyl (C=O) groups is 1. The summed E-state index contributed by atoms with van der Waals surface area (Å²) in [5.41, 5.74) is 1.45. The van der Waals surface area contributed by atoms with Gasteiger partial charge in [-0.05, 0) is 24.6 Å². The maximum atomic E-state index is 12.4. The Morgan fingerprint density at radius 3 is 2.92 bits per heavy atom. The van der Waals surface area contributed by atoms with E-state index in [9.17, 15) is 9.90 Å². The predicted molar refractivity (Wildman–Crippen MR) is 82.5 cm³/mol. The molecule has 2 aliphatic heterocycles. The van der Waals surface area contributed by atoms with Crippen molar-refractivity contribution in [2.24, 2.45) is 0 Å². The number of benzene rings is 1. The van der Waals surface area contributed by atoms with Gasteiger partial charge in [0, 0.05) is 13.1 Å². The number of hydrogen-bond donors (Lipinski definition) is 1. The maximum Gasteiger partial charge on any atom is 0.231 e. The third kappa shape index (κ3) is 2.69. The number of ether oxygens (including phenoxy) is 2. The second kappa shape index (κ2) is 5.79. The summed E-state index contributed by atoms with van der Waals surface area (Å²) in [4.78, 5) is 14.1. The molecule has 24 heavy (non-hydrogen) atoms. The lowest BCUT2D eigenvalue weighted by Gasteiger charge is -2.39. The Kier molecular flexibility index (Phi) is 3.61. The molecular formula is C16H18N4O4. The molecular weight excluding hydrogens is 312 g/mol. The highest BCUT2D eigenvalue weighted by atomic mass is 16.7. The summed E-state index contributed by atoms with van der Waals surface area (Å²) in [6.07, 6.45) is 1.43. The number of rotatable bonds is 4. The van der Waals surface area contributed by atoms with Gasteiger partial charge in [-0.3, -0.25) is 4.79 Å². The summed E-state index contributed by atoms with van der Waals surface area (Å²) in [5, 5.41) is 17.4. The van der Waals surface area contributed by atoms with Crippen LogP contribution in [0.1, 0.15) is 30.3 Å². The number of aromatic nitrogens is 3. The SMILES string of the molecule is CC(O)c1cn(C2CN(C(=O)Cc3ccc4c(c3)OCO4)C2)nn1. The molecule has 1 N–H and O–H groups in total. The van der Waals surface area contributed by atoms with Crippen molar-refractivity contribution in [3.63, 3.8) is 0 Å². The number of amides is 1. The van der Waals surface area contributed by atoms with Gasteiger partial charge in [0.25, 0.3) is 0 Å². The number of carbonyl (C=O) groups excluding carboxylic acids is 1. The summed E-state index contributed by atoms with van der Waals surface area (Å²) >= 11 is 0. The summed E-state index contributed by atoms with van der Waals surface area (Å²) < 4.78 is 12.3. The Balaban J connectivity index is 1.34. The van der Waals surface area contributed by atoms with Crippen LogP contribution in [0.3, 0.4) is 0 Å². The van der Waals surface area contributed by atoms with Gasteiger partial charge in [-0.2, -0.15) is 0 Å². The van der Waals surface area contributed by atoms with E-state index in [1.807, 2.05) is 18.2 Å². The van der Waals surface area contributed by atoms with Crippen molar-refractivity contribution in [1.82, 2.24) is 19.9 Å².